The highest BCUT2D eigenvalue weighted by Crippen LogP contribution is 2.38. The largest absolute Gasteiger partial charge is 0.341 e. The molecule has 106 valence electrons. The molecule has 1 amide bonds. The maximum Gasteiger partial charge on any atom is 0.243 e. The van der Waals surface area contributed by atoms with Crippen molar-refractivity contribution in [2.75, 3.05) is 7.05 Å². The first-order valence-corrected chi connectivity index (χ1v) is 7.77. The fourth-order valence-corrected chi connectivity index (χ4v) is 3.66. The van der Waals surface area contributed by atoms with Gasteiger partial charge in [0, 0.05) is 13.1 Å². The zero-order valence-corrected chi connectivity index (χ0v) is 12.3. The number of carbonyl (C=O) groups excluding carboxylic acids is 1. The molecule has 2 saturated carbocycles. The minimum atomic E-state index is -0.712. The summed E-state index contributed by atoms with van der Waals surface area (Å²) in [6.45, 7) is 2.29. The van der Waals surface area contributed by atoms with Crippen molar-refractivity contribution in [1.82, 2.24) is 4.90 Å². The number of carbonyl (C=O) groups is 1. The van der Waals surface area contributed by atoms with Gasteiger partial charge in [0.15, 0.2) is 0 Å². The Morgan fingerprint density at radius 3 is 2.26 bits per heavy atom. The first-order chi connectivity index (χ1) is 9.09. The van der Waals surface area contributed by atoms with Crippen LogP contribution >= 0.6 is 0 Å². The lowest BCUT2D eigenvalue weighted by Gasteiger charge is -2.39. The van der Waals surface area contributed by atoms with Crippen LogP contribution in [-0.2, 0) is 4.79 Å². The normalized spacial score (nSPS) is 30.4. The molecule has 3 heteroatoms. The van der Waals surface area contributed by atoms with Gasteiger partial charge in [-0.1, -0.05) is 26.2 Å². The number of rotatable bonds is 2. The number of nitrogens with zero attached hydrogens (tertiary/aromatic N) is 2. The molecule has 2 aliphatic rings. The second-order valence-electron chi connectivity index (χ2n) is 6.58. The molecule has 0 atom stereocenters. The van der Waals surface area contributed by atoms with Gasteiger partial charge in [-0.25, -0.2) is 0 Å². The van der Waals surface area contributed by atoms with Gasteiger partial charge in [-0.05, 0) is 44.4 Å². The van der Waals surface area contributed by atoms with Crippen LogP contribution in [0.25, 0.3) is 0 Å². The quantitative estimate of drug-likeness (QED) is 0.764. The van der Waals surface area contributed by atoms with Gasteiger partial charge in [0.1, 0.15) is 5.41 Å². The van der Waals surface area contributed by atoms with Crippen LogP contribution in [0.2, 0.25) is 0 Å². The van der Waals surface area contributed by atoms with Crippen LogP contribution in [-0.4, -0.2) is 23.9 Å². The Morgan fingerprint density at radius 2 is 1.74 bits per heavy atom. The Kier molecular flexibility index (Phi) is 4.50. The molecule has 19 heavy (non-hydrogen) atoms. The summed E-state index contributed by atoms with van der Waals surface area (Å²) >= 11 is 0. The summed E-state index contributed by atoms with van der Waals surface area (Å²) in [5, 5.41) is 9.50. The van der Waals surface area contributed by atoms with Crippen LogP contribution in [0.15, 0.2) is 0 Å². The van der Waals surface area contributed by atoms with Crippen molar-refractivity contribution >= 4 is 5.91 Å². The van der Waals surface area contributed by atoms with E-state index in [1.165, 1.54) is 19.3 Å². The molecule has 0 unspecified atom stereocenters. The van der Waals surface area contributed by atoms with Crippen LogP contribution in [0.4, 0.5) is 0 Å². The highest BCUT2D eigenvalue weighted by molar-refractivity contribution is 5.85. The summed E-state index contributed by atoms with van der Waals surface area (Å²) < 4.78 is 0. The molecule has 2 fully saturated rings. The van der Waals surface area contributed by atoms with E-state index < -0.39 is 5.41 Å². The molecular weight excluding hydrogens is 236 g/mol. The molecule has 0 bridgehead atoms. The fourth-order valence-electron chi connectivity index (χ4n) is 3.66. The third-order valence-corrected chi connectivity index (χ3v) is 5.18. The van der Waals surface area contributed by atoms with E-state index in [0.717, 1.165) is 44.4 Å². The molecule has 0 aromatic rings. The van der Waals surface area contributed by atoms with E-state index >= 15 is 0 Å². The van der Waals surface area contributed by atoms with E-state index in [0.29, 0.717) is 6.04 Å². The van der Waals surface area contributed by atoms with Crippen molar-refractivity contribution in [3.05, 3.63) is 0 Å². The summed E-state index contributed by atoms with van der Waals surface area (Å²) in [5.41, 5.74) is -0.712. The van der Waals surface area contributed by atoms with Gasteiger partial charge in [-0.15, -0.1) is 0 Å². The van der Waals surface area contributed by atoms with Crippen LogP contribution in [0.5, 0.6) is 0 Å². The lowest BCUT2D eigenvalue weighted by molar-refractivity contribution is -0.142. The van der Waals surface area contributed by atoms with Gasteiger partial charge in [0.05, 0.1) is 6.07 Å². The number of amides is 1. The molecular formula is C16H26N2O. The molecule has 0 radical (unpaired) electrons. The molecule has 0 heterocycles. The predicted octanol–water partition coefficient (Wildman–Crippen LogP) is 3.50. The third-order valence-electron chi connectivity index (χ3n) is 5.18. The van der Waals surface area contributed by atoms with Crippen LogP contribution in [0.3, 0.4) is 0 Å². The van der Waals surface area contributed by atoms with Gasteiger partial charge in [0.25, 0.3) is 0 Å². The van der Waals surface area contributed by atoms with Crippen molar-refractivity contribution < 1.29 is 4.79 Å². The Bertz CT molecular complexity index is 357. The Balaban J connectivity index is 2.03. The van der Waals surface area contributed by atoms with Gasteiger partial charge in [-0.3, -0.25) is 4.79 Å². The average molecular weight is 262 g/mol. The van der Waals surface area contributed by atoms with Crippen LogP contribution < -0.4 is 0 Å². The van der Waals surface area contributed by atoms with Crippen molar-refractivity contribution in [2.45, 2.75) is 70.8 Å². The van der Waals surface area contributed by atoms with Gasteiger partial charge in [0.2, 0.25) is 5.91 Å². The monoisotopic (exact) mass is 262 g/mol. The lowest BCUT2D eigenvalue weighted by atomic mass is 9.73. The highest BCUT2D eigenvalue weighted by Gasteiger charge is 2.43. The molecule has 0 N–H and O–H groups in total. The van der Waals surface area contributed by atoms with E-state index in [1.807, 2.05) is 11.9 Å². The molecule has 0 spiro atoms. The fraction of sp³-hybridized carbons (Fsp3) is 0.875. The molecule has 2 rings (SSSR count). The molecule has 2 aliphatic carbocycles. The summed E-state index contributed by atoms with van der Waals surface area (Å²) in [6.07, 6.45) is 9.36. The summed E-state index contributed by atoms with van der Waals surface area (Å²) in [5.74, 6) is 0.883. The van der Waals surface area contributed by atoms with E-state index in [1.54, 1.807) is 0 Å². The van der Waals surface area contributed by atoms with Gasteiger partial charge >= 0.3 is 0 Å². The smallest absolute Gasteiger partial charge is 0.243 e. The predicted molar refractivity (Wildman–Crippen MR) is 75.3 cm³/mol. The summed E-state index contributed by atoms with van der Waals surface area (Å²) in [6, 6.07) is 2.71. The Hall–Kier alpha value is -1.04. The van der Waals surface area contributed by atoms with Crippen molar-refractivity contribution in [2.24, 2.45) is 11.3 Å². The van der Waals surface area contributed by atoms with Crippen molar-refractivity contribution in [1.29, 1.82) is 5.26 Å². The number of hydrogen-bond acceptors (Lipinski definition) is 2. The first-order valence-electron chi connectivity index (χ1n) is 7.77. The lowest BCUT2D eigenvalue weighted by Crippen LogP contribution is -2.48. The molecule has 0 aromatic carbocycles. The van der Waals surface area contributed by atoms with Crippen LogP contribution in [0, 0.1) is 22.7 Å². The number of hydrogen-bond donors (Lipinski definition) is 0. The van der Waals surface area contributed by atoms with Crippen molar-refractivity contribution in [3.8, 4) is 6.07 Å². The number of nitriles is 1. The van der Waals surface area contributed by atoms with Gasteiger partial charge < -0.3 is 4.90 Å². The standard InChI is InChI=1S/C16H26N2O/c1-13-6-8-14(9-7-13)18(2)15(19)16(12-17)10-4-3-5-11-16/h13-14H,3-11H2,1-2H3. The topological polar surface area (TPSA) is 44.1 Å². The molecule has 0 aromatic heterocycles. The maximum absolute atomic E-state index is 12.7. The zero-order chi connectivity index (χ0) is 13.9. The Labute approximate surface area is 117 Å². The van der Waals surface area contributed by atoms with E-state index in [-0.39, 0.29) is 5.91 Å². The average Bonchev–Trinajstić information content (AvgIpc) is 2.47. The molecule has 3 nitrogen and oxygen atoms in total. The Morgan fingerprint density at radius 1 is 1.16 bits per heavy atom. The minimum absolute atomic E-state index is 0.0919. The van der Waals surface area contributed by atoms with Gasteiger partial charge in [-0.2, -0.15) is 5.26 Å². The van der Waals surface area contributed by atoms with Crippen molar-refractivity contribution in [3.63, 3.8) is 0 Å². The summed E-state index contributed by atoms with van der Waals surface area (Å²) in [4.78, 5) is 14.6. The minimum Gasteiger partial charge on any atom is -0.341 e. The molecule has 0 saturated heterocycles. The maximum atomic E-state index is 12.7. The van der Waals surface area contributed by atoms with E-state index in [2.05, 4.69) is 13.0 Å². The summed E-state index contributed by atoms with van der Waals surface area (Å²) in [7, 11) is 1.91. The van der Waals surface area contributed by atoms with Crippen LogP contribution in [0.1, 0.15) is 64.7 Å². The second kappa shape index (κ2) is 5.94. The zero-order valence-electron chi connectivity index (χ0n) is 12.3. The highest BCUT2D eigenvalue weighted by atomic mass is 16.2. The van der Waals surface area contributed by atoms with E-state index in [9.17, 15) is 10.1 Å². The SMILES string of the molecule is CC1CCC(N(C)C(=O)C2(C#N)CCCCC2)CC1. The molecule has 0 aliphatic heterocycles. The third kappa shape index (κ3) is 2.94. The van der Waals surface area contributed by atoms with E-state index in [4.69, 9.17) is 0 Å². The second-order valence-corrected chi connectivity index (χ2v) is 6.58. The first kappa shape index (κ1) is 14.4.